The normalized spacial score (nSPS) is 13.4. The van der Waals surface area contributed by atoms with E-state index in [2.05, 4.69) is 64.2 Å². The summed E-state index contributed by atoms with van der Waals surface area (Å²) in [6.45, 7) is 13.8. The van der Waals surface area contributed by atoms with Gasteiger partial charge in [-0.1, -0.05) is 45.0 Å². The van der Waals surface area contributed by atoms with Crippen molar-refractivity contribution in [2.24, 2.45) is 0 Å². The van der Waals surface area contributed by atoms with Crippen LogP contribution >= 0.6 is 0 Å². The molecule has 2 heteroatoms. The molecule has 0 aliphatic carbocycles. The van der Waals surface area contributed by atoms with Gasteiger partial charge in [0.2, 0.25) is 0 Å². The third-order valence-electron chi connectivity index (χ3n) is 3.91. The van der Waals surface area contributed by atoms with Gasteiger partial charge in [0.25, 0.3) is 0 Å². The first kappa shape index (κ1) is 17.2. The Morgan fingerprint density at radius 2 is 1.80 bits per heavy atom. The molecule has 0 saturated carbocycles. The van der Waals surface area contributed by atoms with Gasteiger partial charge in [0.15, 0.2) is 0 Å². The van der Waals surface area contributed by atoms with Crippen LogP contribution in [0.2, 0.25) is 0 Å². The van der Waals surface area contributed by atoms with Crippen LogP contribution in [0.15, 0.2) is 24.3 Å². The van der Waals surface area contributed by atoms with Crippen LogP contribution in [0.1, 0.15) is 64.5 Å². The van der Waals surface area contributed by atoms with Crippen molar-refractivity contribution in [3.63, 3.8) is 0 Å². The Kier molecular flexibility index (Phi) is 7.25. The van der Waals surface area contributed by atoms with Crippen molar-refractivity contribution in [2.45, 2.75) is 65.6 Å². The maximum Gasteiger partial charge on any atom is 0.0724 e. The summed E-state index contributed by atoms with van der Waals surface area (Å²) in [5.41, 5.74) is 2.62. The molecule has 0 aliphatic rings. The van der Waals surface area contributed by atoms with Gasteiger partial charge < -0.3 is 10.1 Å². The van der Waals surface area contributed by atoms with Crippen molar-refractivity contribution in [3.05, 3.63) is 35.4 Å². The number of ether oxygens (including phenoxy) is 1. The van der Waals surface area contributed by atoms with Crippen LogP contribution in [0.3, 0.4) is 0 Å². The van der Waals surface area contributed by atoms with Crippen molar-refractivity contribution in [1.29, 1.82) is 0 Å². The van der Waals surface area contributed by atoms with E-state index in [1.807, 2.05) is 0 Å². The van der Waals surface area contributed by atoms with E-state index < -0.39 is 0 Å². The molecule has 20 heavy (non-hydrogen) atoms. The maximum absolute atomic E-state index is 5.93. The lowest BCUT2D eigenvalue weighted by atomic mass is 10.00. The van der Waals surface area contributed by atoms with Gasteiger partial charge in [-0.2, -0.15) is 0 Å². The lowest BCUT2D eigenvalue weighted by molar-refractivity contribution is -0.0316. The van der Waals surface area contributed by atoms with Crippen molar-refractivity contribution in [3.8, 4) is 0 Å². The van der Waals surface area contributed by atoms with E-state index in [-0.39, 0.29) is 5.60 Å². The van der Waals surface area contributed by atoms with Gasteiger partial charge in [-0.15, -0.1) is 0 Å². The van der Waals surface area contributed by atoms with E-state index in [0.717, 1.165) is 19.5 Å². The Morgan fingerprint density at radius 1 is 1.15 bits per heavy atom. The zero-order valence-electron chi connectivity index (χ0n) is 13.8. The van der Waals surface area contributed by atoms with Crippen molar-refractivity contribution in [2.75, 3.05) is 13.1 Å². The van der Waals surface area contributed by atoms with Gasteiger partial charge in [0.1, 0.15) is 0 Å². The largest absolute Gasteiger partial charge is 0.371 e. The van der Waals surface area contributed by atoms with Gasteiger partial charge in [0, 0.05) is 6.54 Å². The smallest absolute Gasteiger partial charge is 0.0724 e. The lowest BCUT2D eigenvalue weighted by Gasteiger charge is -2.23. The van der Waals surface area contributed by atoms with E-state index in [1.165, 1.54) is 17.5 Å². The summed E-state index contributed by atoms with van der Waals surface area (Å²) in [4.78, 5) is 0. The molecule has 1 rings (SSSR count). The molecule has 1 aromatic carbocycles. The Morgan fingerprint density at radius 3 is 2.35 bits per heavy atom. The third kappa shape index (κ3) is 6.06. The Hall–Kier alpha value is -0.860. The fourth-order valence-electron chi connectivity index (χ4n) is 1.94. The molecule has 0 aromatic heterocycles. The first-order valence-electron chi connectivity index (χ1n) is 7.92. The van der Waals surface area contributed by atoms with Gasteiger partial charge in [-0.3, -0.25) is 0 Å². The number of hydrogen-bond donors (Lipinski definition) is 1. The zero-order valence-corrected chi connectivity index (χ0v) is 13.8. The highest BCUT2D eigenvalue weighted by molar-refractivity contribution is 5.25. The van der Waals surface area contributed by atoms with E-state index in [0.29, 0.717) is 12.5 Å². The van der Waals surface area contributed by atoms with Crippen LogP contribution in [0.4, 0.5) is 0 Å². The standard InChI is InChI=1S/C18H31NO/c1-6-12-19-13-15(3)17-10-8-16(9-11-17)14-20-18(4,5)7-2/h8-11,15,19H,6-7,12-14H2,1-5H3. The molecule has 114 valence electrons. The van der Waals surface area contributed by atoms with Gasteiger partial charge in [0.05, 0.1) is 12.2 Å². The Balaban J connectivity index is 2.47. The second kappa shape index (κ2) is 8.43. The summed E-state index contributed by atoms with van der Waals surface area (Å²) in [5.74, 6) is 0.559. The van der Waals surface area contributed by atoms with E-state index in [4.69, 9.17) is 4.74 Å². The fraction of sp³-hybridized carbons (Fsp3) is 0.667. The highest BCUT2D eigenvalue weighted by atomic mass is 16.5. The van der Waals surface area contributed by atoms with Crippen LogP contribution < -0.4 is 5.32 Å². The summed E-state index contributed by atoms with van der Waals surface area (Å²) >= 11 is 0. The number of hydrogen-bond acceptors (Lipinski definition) is 2. The molecule has 1 unspecified atom stereocenters. The number of benzene rings is 1. The highest BCUT2D eigenvalue weighted by Crippen LogP contribution is 2.19. The first-order valence-corrected chi connectivity index (χ1v) is 7.92. The molecule has 1 atom stereocenters. The second-order valence-corrected chi connectivity index (χ2v) is 6.25. The third-order valence-corrected chi connectivity index (χ3v) is 3.91. The van der Waals surface area contributed by atoms with Crippen LogP contribution in [-0.4, -0.2) is 18.7 Å². The van der Waals surface area contributed by atoms with Gasteiger partial charge in [-0.05, 0) is 50.3 Å². The van der Waals surface area contributed by atoms with E-state index in [9.17, 15) is 0 Å². The van der Waals surface area contributed by atoms with Crippen LogP contribution in [-0.2, 0) is 11.3 Å². The molecule has 1 aromatic rings. The Labute approximate surface area is 124 Å². The molecule has 0 aliphatic heterocycles. The maximum atomic E-state index is 5.93. The average Bonchev–Trinajstić information content (AvgIpc) is 2.46. The average molecular weight is 277 g/mol. The summed E-state index contributed by atoms with van der Waals surface area (Å²) < 4.78 is 5.93. The molecule has 0 saturated heterocycles. The summed E-state index contributed by atoms with van der Waals surface area (Å²) in [6.07, 6.45) is 2.22. The zero-order chi connectivity index (χ0) is 15.0. The molecule has 0 fully saturated rings. The molecule has 1 N–H and O–H groups in total. The van der Waals surface area contributed by atoms with Crippen LogP contribution in [0.5, 0.6) is 0 Å². The summed E-state index contributed by atoms with van der Waals surface area (Å²) in [7, 11) is 0. The number of nitrogens with one attached hydrogen (secondary N) is 1. The molecule has 0 bridgehead atoms. The lowest BCUT2D eigenvalue weighted by Crippen LogP contribution is -2.22. The summed E-state index contributed by atoms with van der Waals surface area (Å²) in [6, 6.07) is 8.85. The molecule has 2 nitrogen and oxygen atoms in total. The highest BCUT2D eigenvalue weighted by Gasteiger charge is 2.15. The van der Waals surface area contributed by atoms with Gasteiger partial charge in [-0.25, -0.2) is 0 Å². The predicted octanol–water partition coefficient (Wildman–Crippen LogP) is 4.49. The van der Waals surface area contributed by atoms with Crippen molar-refractivity contribution >= 4 is 0 Å². The molecule has 0 heterocycles. The van der Waals surface area contributed by atoms with E-state index >= 15 is 0 Å². The monoisotopic (exact) mass is 277 g/mol. The summed E-state index contributed by atoms with van der Waals surface area (Å²) in [5, 5.41) is 3.48. The molecular formula is C18H31NO. The molecule has 0 radical (unpaired) electrons. The van der Waals surface area contributed by atoms with Crippen LogP contribution in [0, 0.1) is 0 Å². The second-order valence-electron chi connectivity index (χ2n) is 6.25. The molecule has 0 spiro atoms. The molecule has 0 amide bonds. The van der Waals surface area contributed by atoms with E-state index in [1.54, 1.807) is 0 Å². The topological polar surface area (TPSA) is 21.3 Å². The van der Waals surface area contributed by atoms with Crippen LogP contribution in [0.25, 0.3) is 0 Å². The number of rotatable bonds is 9. The minimum Gasteiger partial charge on any atom is -0.371 e. The minimum atomic E-state index is -0.0317. The van der Waals surface area contributed by atoms with Crippen molar-refractivity contribution in [1.82, 2.24) is 5.32 Å². The predicted molar refractivity (Wildman–Crippen MR) is 87.2 cm³/mol. The van der Waals surface area contributed by atoms with Crippen molar-refractivity contribution < 1.29 is 4.74 Å². The SMILES string of the molecule is CCCNCC(C)c1ccc(COC(C)(C)CC)cc1. The Bertz CT molecular complexity index is 370. The quantitative estimate of drug-likeness (QED) is 0.671. The fourth-order valence-corrected chi connectivity index (χ4v) is 1.94. The first-order chi connectivity index (χ1) is 9.48. The molecular weight excluding hydrogens is 246 g/mol. The minimum absolute atomic E-state index is 0.0317. The van der Waals surface area contributed by atoms with Gasteiger partial charge >= 0.3 is 0 Å².